The van der Waals surface area contributed by atoms with Crippen molar-refractivity contribution in [1.82, 2.24) is 4.98 Å². The minimum absolute atomic E-state index is 0.477. The highest BCUT2D eigenvalue weighted by Gasteiger charge is 2.15. The highest BCUT2D eigenvalue weighted by molar-refractivity contribution is 5.84. The van der Waals surface area contributed by atoms with E-state index in [1.165, 1.54) is 27.6 Å². The normalized spacial score (nSPS) is 16.5. The molecule has 2 aromatic rings. The Morgan fingerprint density at radius 1 is 1.29 bits per heavy atom. The summed E-state index contributed by atoms with van der Waals surface area (Å²) in [4.78, 5) is 3.38. The van der Waals surface area contributed by atoms with Gasteiger partial charge < -0.3 is 4.98 Å². The summed E-state index contributed by atoms with van der Waals surface area (Å²) >= 11 is 0. The maximum atomic E-state index is 3.38. The molecule has 0 saturated heterocycles. The van der Waals surface area contributed by atoms with Crippen molar-refractivity contribution in [3.8, 4) is 0 Å². The third kappa shape index (κ3) is 1.72. The van der Waals surface area contributed by atoms with Crippen LogP contribution >= 0.6 is 0 Å². The number of aryl methyl sites for hydroxylation is 1. The smallest absolute Gasteiger partial charge is 0.0459 e. The Bertz CT molecular complexity index is 613. The number of allylic oxidation sites excluding steroid dienone is 4. The van der Waals surface area contributed by atoms with Gasteiger partial charge in [0, 0.05) is 23.0 Å². The van der Waals surface area contributed by atoms with Crippen LogP contribution in [-0.2, 0) is 0 Å². The molecule has 1 atom stereocenters. The van der Waals surface area contributed by atoms with Crippen molar-refractivity contribution in [2.24, 2.45) is 0 Å². The molecule has 1 heterocycles. The van der Waals surface area contributed by atoms with E-state index >= 15 is 0 Å². The summed E-state index contributed by atoms with van der Waals surface area (Å²) in [7, 11) is 0. The molecule has 1 aromatic carbocycles. The average molecular weight is 223 g/mol. The molecule has 0 saturated carbocycles. The number of benzene rings is 1. The second kappa shape index (κ2) is 3.92. The average Bonchev–Trinajstić information content (AvgIpc) is 2.96. The monoisotopic (exact) mass is 223 g/mol. The summed E-state index contributed by atoms with van der Waals surface area (Å²) in [5.41, 5.74) is 5.39. The number of hydrogen-bond acceptors (Lipinski definition) is 0. The van der Waals surface area contributed by atoms with Crippen molar-refractivity contribution >= 4 is 10.9 Å². The fourth-order valence-electron chi connectivity index (χ4n) is 2.60. The van der Waals surface area contributed by atoms with Crippen LogP contribution in [0.25, 0.3) is 10.9 Å². The summed E-state index contributed by atoms with van der Waals surface area (Å²) < 4.78 is 0. The van der Waals surface area contributed by atoms with Crippen LogP contribution in [0.15, 0.2) is 48.2 Å². The molecule has 1 heteroatoms. The number of hydrogen-bond donors (Lipinski definition) is 1. The largest absolute Gasteiger partial charge is 0.361 e. The van der Waals surface area contributed by atoms with Gasteiger partial charge in [0.1, 0.15) is 0 Å². The molecule has 1 N–H and O–H groups in total. The molecule has 0 amide bonds. The lowest BCUT2D eigenvalue weighted by Gasteiger charge is -2.10. The molecule has 0 fully saturated rings. The molecule has 1 aliphatic carbocycles. The summed E-state index contributed by atoms with van der Waals surface area (Å²) in [6, 6.07) is 6.63. The van der Waals surface area contributed by atoms with Crippen LogP contribution in [0.3, 0.4) is 0 Å². The van der Waals surface area contributed by atoms with Crippen LogP contribution < -0.4 is 0 Å². The minimum atomic E-state index is 0.477. The van der Waals surface area contributed by atoms with Crippen molar-refractivity contribution in [3.63, 3.8) is 0 Å². The molecule has 1 unspecified atom stereocenters. The number of H-pyrrole nitrogens is 1. The first-order valence-electron chi connectivity index (χ1n) is 6.20. The summed E-state index contributed by atoms with van der Waals surface area (Å²) in [6.07, 6.45) is 10.0. The standard InChI is InChI=1S/C16H17N/c1-11-7-8-14-15(10-17-16(14)9-11)12(2)13-5-3-4-6-13/h3,5-10,12,17H,4H2,1-2H3. The van der Waals surface area contributed by atoms with Gasteiger partial charge in [-0.3, -0.25) is 0 Å². The number of fused-ring (bicyclic) bond motifs is 1. The summed E-state index contributed by atoms with van der Waals surface area (Å²) in [5, 5.41) is 1.35. The van der Waals surface area contributed by atoms with Crippen LogP contribution in [0.1, 0.15) is 30.4 Å². The van der Waals surface area contributed by atoms with E-state index in [1.807, 2.05) is 0 Å². The van der Waals surface area contributed by atoms with Crippen LogP contribution in [-0.4, -0.2) is 4.98 Å². The Morgan fingerprint density at radius 3 is 2.94 bits per heavy atom. The van der Waals surface area contributed by atoms with Gasteiger partial charge in [0.05, 0.1) is 0 Å². The zero-order valence-electron chi connectivity index (χ0n) is 10.3. The number of aromatic nitrogens is 1. The Hall–Kier alpha value is -1.76. The SMILES string of the molecule is Cc1ccc2c(C(C)C3=CCC=C3)c[nH]c2c1. The van der Waals surface area contributed by atoms with Gasteiger partial charge in [-0.15, -0.1) is 0 Å². The van der Waals surface area contributed by atoms with Gasteiger partial charge in [0.2, 0.25) is 0 Å². The molecule has 0 radical (unpaired) electrons. The lowest BCUT2D eigenvalue weighted by molar-refractivity contribution is 0.933. The molecule has 17 heavy (non-hydrogen) atoms. The molecule has 1 aliphatic rings. The van der Waals surface area contributed by atoms with Crippen LogP contribution in [0.2, 0.25) is 0 Å². The van der Waals surface area contributed by atoms with Crippen molar-refractivity contribution < 1.29 is 0 Å². The van der Waals surface area contributed by atoms with E-state index in [0.717, 1.165) is 6.42 Å². The third-order valence-electron chi connectivity index (χ3n) is 3.64. The van der Waals surface area contributed by atoms with E-state index in [0.29, 0.717) is 5.92 Å². The predicted molar refractivity (Wildman–Crippen MR) is 73.3 cm³/mol. The maximum Gasteiger partial charge on any atom is 0.0459 e. The van der Waals surface area contributed by atoms with Gasteiger partial charge in [-0.1, -0.05) is 37.3 Å². The Balaban J connectivity index is 2.08. The van der Waals surface area contributed by atoms with Crippen molar-refractivity contribution in [2.45, 2.75) is 26.2 Å². The highest BCUT2D eigenvalue weighted by Crippen LogP contribution is 2.33. The Labute approximate surface area is 102 Å². The van der Waals surface area contributed by atoms with E-state index in [9.17, 15) is 0 Å². The molecular weight excluding hydrogens is 206 g/mol. The first-order valence-corrected chi connectivity index (χ1v) is 6.20. The number of nitrogens with one attached hydrogen (secondary N) is 1. The molecule has 1 aromatic heterocycles. The molecule has 1 nitrogen and oxygen atoms in total. The van der Waals surface area contributed by atoms with Crippen molar-refractivity contribution in [1.29, 1.82) is 0 Å². The molecular formula is C16H17N. The predicted octanol–water partition coefficient (Wildman–Crippen LogP) is 4.47. The third-order valence-corrected chi connectivity index (χ3v) is 3.64. The topological polar surface area (TPSA) is 15.8 Å². The summed E-state index contributed by atoms with van der Waals surface area (Å²) in [6.45, 7) is 4.41. The molecule has 0 aliphatic heterocycles. The molecule has 0 spiro atoms. The Morgan fingerprint density at radius 2 is 2.18 bits per heavy atom. The van der Waals surface area contributed by atoms with Crippen LogP contribution in [0, 0.1) is 6.92 Å². The van der Waals surface area contributed by atoms with Gasteiger partial charge in [-0.05, 0) is 36.1 Å². The van der Waals surface area contributed by atoms with Crippen LogP contribution in [0.5, 0.6) is 0 Å². The van der Waals surface area contributed by atoms with E-state index < -0.39 is 0 Å². The maximum absolute atomic E-state index is 3.38. The molecule has 0 bridgehead atoms. The Kier molecular flexibility index (Phi) is 2.40. The molecule has 86 valence electrons. The lowest BCUT2D eigenvalue weighted by Crippen LogP contribution is -1.93. The van der Waals surface area contributed by atoms with Gasteiger partial charge in [-0.25, -0.2) is 0 Å². The van der Waals surface area contributed by atoms with E-state index in [-0.39, 0.29) is 0 Å². The fourth-order valence-corrected chi connectivity index (χ4v) is 2.60. The summed E-state index contributed by atoms with van der Waals surface area (Å²) in [5.74, 6) is 0.477. The number of rotatable bonds is 2. The number of aromatic amines is 1. The van der Waals surface area contributed by atoms with Crippen molar-refractivity contribution in [2.75, 3.05) is 0 Å². The quantitative estimate of drug-likeness (QED) is 0.773. The van der Waals surface area contributed by atoms with Crippen LogP contribution in [0.4, 0.5) is 0 Å². The first-order chi connectivity index (χ1) is 8.25. The zero-order chi connectivity index (χ0) is 11.8. The molecule has 3 rings (SSSR count). The second-order valence-corrected chi connectivity index (χ2v) is 4.86. The first kappa shape index (κ1) is 10.4. The van der Waals surface area contributed by atoms with E-state index in [4.69, 9.17) is 0 Å². The zero-order valence-corrected chi connectivity index (χ0v) is 10.3. The fraction of sp³-hybridized carbons (Fsp3) is 0.250. The highest BCUT2D eigenvalue weighted by atomic mass is 14.7. The van der Waals surface area contributed by atoms with Gasteiger partial charge in [0.15, 0.2) is 0 Å². The van der Waals surface area contributed by atoms with Gasteiger partial charge in [-0.2, -0.15) is 0 Å². The van der Waals surface area contributed by atoms with Gasteiger partial charge in [0.25, 0.3) is 0 Å². The van der Waals surface area contributed by atoms with Crippen molar-refractivity contribution in [3.05, 3.63) is 59.3 Å². The van der Waals surface area contributed by atoms with Gasteiger partial charge >= 0.3 is 0 Å². The second-order valence-electron chi connectivity index (χ2n) is 4.86. The van der Waals surface area contributed by atoms with E-state index in [1.54, 1.807) is 0 Å². The lowest BCUT2D eigenvalue weighted by atomic mass is 9.93. The van der Waals surface area contributed by atoms with E-state index in [2.05, 4.69) is 61.5 Å². The minimum Gasteiger partial charge on any atom is -0.361 e.